The van der Waals surface area contributed by atoms with Crippen LogP contribution in [0.25, 0.3) is 0 Å². The summed E-state index contributed by atoms with van der Waals surface area (Å²) in [5, 5.41) is 35.9. The van der Waals surface area contributed by atoms with Crippen LogP contribution in [-0.2, 0) is 4.79 Å². The average Bonchev–Trinajstić information content (AvgIpc) is 2.18. The molecule has 0 aromatic carbocycles. The molecule has 1 amide bonds. The van der Waals surface area contributed by atoms with E-state index < -0.39 is 24.2 Å². The second-order valence-corrected chi connectivity index (χ2v) is 3.20. The molecule has 1 fully saturated rings. The first-order chi connectivity index (χ1) is 6.57. The lowest BCUT2D eigenvalue weighted by Crippen LogP contribution is -2.58. The molecule has 78 valence electrons. The lowest BCUT2D eigenvalue weighted by molar-refractivity contribution is -0.165. The van der Waals surface area contributed by atoms with Crippen LogP contribution >= 0.6 is 0 Å². The molecule has 14 heavy (non-hydrogen) atoms. The summed E-state index contributed by atoms with van der Waals surface area (Å²) in [5.74, 6) is -0.641. The van der Waals surface area contributed by atoms with Gasteiger partial charge in [0.15, 0.2) is 6.10 Å². The van der Waals surface area contributed by atoms with Gasteiger partial charge in [-0.15, -0.1) is 0 Å². The van der Waals surface area contributed by atoms with Crippen LogP contribution in [-0.4, -0.2) is 57.5 Å². The first-order valence-electron chi connectivity index (χ1n) is 4.28. The number of hydrogen-bond acceptors (Lipinski definition) is 5. The van der Waals surface area contributed by atoms with Crippen LogP contribution in [0.5, 0.6) is 0 Å². The van der Waals surface area contributed by atoms with Gasteiger partial charge in [0.2, 0.25) is 0 Å². The number of aliphatic hydroxyl groups is 3. The number of piperidine rings is 1. The monoisotopic (exact) mass is 200 g/mol. The molecule has 0 spiro atoms. The van der Waals surface area contributed by atoms with Crippen molar-refractivity contribution in [3.05, 3.63) is 0 Å². The van der Waals surface area contributed by atoms with E-state index in [4.69, 9.17) is 10.4 Å². The molecule has 1 saturated heterocycles. The first-order valence-corrected chi connectivity index (χ1v) is 4.28. The summed E-state index contributed by atoms with van der Waals surface area (Å²) in [7, 11) is 0. The van der Waals surface area contributed by atoms with E-state index in [1.807, 2.05) is 6.07 Å². The van der Waals surface area contributed by atoms with Crippen LogP contribution in [0.1, 0.15) is 6.42 Å². The van der Waals surface area contributed by atoms with Gasteiger partial charge in [-0.05, 0) is 0 Å². The third kappa shape index (κ3) is 2.01. The number of hydrogen-bond donors (Lipinski definition) is 3. The minimum atomic E-state index is -1.59. The van der Waals surface area contributed by atoms with Gasteiger partial charge in [0.05, 0.1) is 12.5 Å². The molecule has 0 aromatic heterocycles. The number of nitriles is 1. The highest BCUT2D eigenvalue weighted by Crippen LogP contribution is 2.13. The van der Waals surface area contributed by atoms with Crippen molar-refractivity contribution < 1.29 is 20.1 Å². The fourth-order valence-corrected chi connectivity index (χ4v) is 1.35. The van der Waals surface area contributed by atoms with Gasteiger partial charge in [0.25, 0.3) is 5.91 Å². The maximum Gasteiger partial charge on any atom is 0.254 e. The Morgan fingerprint density at radius 2 is 2.14 bits per heavy atom. The van der Waals surface area contributed by atoms with E-state index in [0.29, 0.717) is 0 Å². The summed E-state index contributed by atoms with van der Waals surface area (Å²) in [6, 6.07) is 1.86. The molecular weight excluding hydrogens is 188 g/mol. The molecule has 3 N–H and O–H groups in total. The first kappa shape index (κ1) is 10.9. The topological polar surface area (TPSA) is 105 Å². The molecule has 1 aliphatic heterocycles. The van der Waals surface area contributed by atoms with E-state index in [2.05, 4.69) is 0 Å². The number of carbonyl (C=O) groups excluding carboxylic acids is 1. The van der Waals surface area contributed by atoms with Gasteiger partial charge < -0.3 is 20.2 Å². The normalized spacial score (nSPS) is 32.9. The maximum absolute atomic E-state index is 11.3. The predicted octanol–water partition coefficient (Wildman–Crippen LogP) is -2.18. The third-order valence-electron chi connectivity index (χ3n) is 2.18. The van der Waals surface area contributed by atoms with Crippen molar-refractivity contribution in [3.8, 4) is 6.07 Å². The zero-order chi connectivity index (χ0) is 10.7. The molecule has 1 rings (SSSR count). The van der Waals surface area contributed by atoms with Gasteiger partial charge in [-0.2, -0.15) is 5.26 Å². The molecular formula is C8H12N2O4. The summed E-state index contributed by atoms with van der Waals surface area (Å²) in [4.78, 5) is 12.5. The molecule has 0 radical (unpaired) electrons. The molecule has 3 atom stereocenters. The molecule has 1 aliphatic rings. The van der Waals surface area contributed by atoms with Crippen LogP contribution in [0, 0.1) is 11.3 Å². The molecule has 6 heteroatoms. The van der Waals surface area contributed by atoms with Crippen LogP contribution in [0.4, 0.5) is 0 Å². The second kappa shape index (κ2) is 4.37. The summed E-state index contributed by atoms with van der Waals surface area (Å²) in [6.45, 7) is 0.120. The van der Waals surface area contributed by atoms with Crippen molar-refractivity contribution >= 4 is 5.91 Å². The Bertz CT molecular complexity index is 263. The number of likely N-dealkylation sites (tertiary alicyclic amines) is 1. The van der Waals surface area contributed by atoms with E-state index >= 15 is 0 Å². The Morgan fingerprint density at radius 1 is 1.50 bits per heavy atom. The van der Waals surface area contributed by atoms with E-state index in [1.54, 1.807) is 0 Å². The Hall–Kier alpha value is -1.16. The standard InChI is InChI=1S/C8H12N2O4/c9-2-1-3-10-4-5(11)6(12)7(13)8(10)14/h5-7,11-13H,1,3-4H2/t5-,6-,7-/m1/s1. The van der Waals surface area contributed by atoms with Crippen molar-refractivity contribution in [3.63, 3.8) is 0 Å². The minimum Gasteiger partial charge on any atom is -0.388 e. The summed E-state index contributed by atoms with van der Waals surface area (Å²) in [6.07, 6.45) is -4.03. The van der Waals surface area contributed by atoms with E-state index in [1.165, 1.54) is 4.90 Å². The number of carbonyl (C=O) groups is 1. The average molecular weight is 200 g/mol. The molecule has 1 heterocycles. The Labute approximate surface area is 81.0 Å². The van der Waals surface area contributed by atoms with Gasteiger partial charge in [0.1, 0.15) is 12.2 Å². The third-order valence-corrected chi connectivity index (χ3v) is 2.18. The largest absolute Gasteiger partial charge is 0.388 e. The summed E-state index contributed by atoms with van der Waals surface area (Å²) >= 11 is 0. The number of amides is 1. The lowest BCUT2D eigenvalue weighted by Gasteiger charge is -2.35. The van der Waals surface area contributed by atoms with Gasteiger partial charge in [0, 0.05) is 13.1 Å². The van der Waals surface area contributed by atoms with Crippen LogP contribution in [0.2, 0.25) is 0 Å². The number of aliphatic hydroxyl groups excluding tert-OH is 3. The summed E-state index contributed by atoms with van der Waals surface area (Å²) in [5.41, 5.74) is 0. The van der Waals surface area contributed by atoms with E-state index in [0.717, 1.165) is 0 Å². The SMILES string of the molecule is N#CCCN1C[C@@H](O)[C@@H](O)[C@@H](O)C1=O. The van der Waals surface area contributed by atoms with Gasteiger partial charge in [-0.25, -0.2) is 0 Å². The molecule has 0 aromatic rings. The van der Waals surface area contributed by atoms with Gasteiger partial charge in [-0.1, -0.05) is 0 Å². The number of β-amino-alcohol motifs (C(OH)–C–C–N with tert-alkyl or cyclic N) is 1. The highest BCUT2D eigenvalue weighted by Gasteiger charge is 2.39. The number of rotatable bonds is 2. The van der Waals surface area contributed by atoms with Crippen molar-refractivity contribution in [2.24, 2.45) is 0 Å². The molecule has 6 nitrogen and oxygen atoms in total. The lowest BCUT2D eigenvalue weighted by atomic mass is 10.0. The minimum absolute atomic E-state index is 0.0429. The second-order valence-electron chi connectivity index (χ2n) is 3.20. The quantitative estimate of drug-likeness (QED) is 0.470. The Kier molecular flexibility index (Phi) is 3.41. The predicted molar refractivity (Wildman–Crippen MR) is 44.8 cm³/mol. The van der Waals surface area contributed by atoms with Crippen molar-refractivity contribution in [2.45, 2.75) is 24.7 Å². The van der Waals surface area contributed by atoms with Crippen molar-refractivity contribution in [2.75, 3.05) is 13.1 Å². The van der Waals surface area contributed by atoms with Crippen LogP contribution in [0.15, 0.2) is 0 Å². The Morgan fingerprint density at radius 3 is 2.71 bits per heavy atom. The van der Waals surface area contributed by atoms with E-state index in [9.17, 15) is 15.0 Å². The van der Waals surface area contributed by atoms with Gasteiger partial charge >= 0.3 is 0 Å². The zero-order valence-corrected chi connectivity index (χ0v) is 7.50. The van der Waals surface area contributed by atoms with Crippen LogP contribution in [0.3, 0.4) is 0 Å². The highest BCUT2D eigenvalue weighted by atomic mass is 16.4. The van der Waals surface area contributed by atoms with Gasteiger partial charge in [-0.3, -0.25) is 4.79 Å². The van der Waals surface area contributed by atoms with Crippen molar-refractivity contribution in [1.29, 1.82) is 5.26 Å². The maximum atomic E-state index is 11.3. The fourth-order valence-electron chi connectivity index (χ4n) is 1.35. The van der Waals surface area contributed by atoms with E-state index in [-0.39, 0.29) is 19.5 Å². The smallest absolute Gasteiger partial charge is 0.254 e. The van der Waals surface area contributed by atoms with Crippen molar-refractivity contribution in [1.82, 2.24) is 4.90 Å². The Balaban J connectivity index is 2.62. The number of nitrogens with zero attached hydrogens (tertiary/aromatic N) is 2. The molecule has 0 saturated carbocycles. The summed E-state index contributed by atoms with van der Waals surface area (Å²) < 4.78 is 0. The molecule has 0 unspecified atom stereocenters. The highest BCUT2D eigenvalue weighted by molar-refractivity contribution is 5.82. The fraction of sp³-hybridized carbons (Fsp3) is 0.750. The zero-order valence-electron chi connectivity index (χ0n) is 7.50. The van der Waals surface area contributed by atoms with Crippen LogP contribution < -0.4 is 0 Å². The molecule has 0 bridgehead atoms. The molecule has 0 aliphatic carbocycles.